The Kier molecular flexibility index (Phi) is 5.17. The first kappa shape index (κ1) is 19.4. The van der Waals surface area contributed by atoms with Crippen molar-refractivity contribution in [1.29, 1.82) is 0 Å². The SMILES string of the molecule is C[C@H](C(=O)NC12CC3CC(CC(C3)C1)C2)[NH+](C)CC(=O)Nc1cccc(F)c1. The van der Waals surface area contributed by atoms with Crippen LogP contribution in [0.5, 0.6) is 0 Å². The summed E-state index contributed by atoms with van der Waals surface area (Å²) in [5.41, 5.74) is 0.424. The van der Waals surface area contributed by atoms with Gasteiger partial charge in [0.2, 0.25) is 0 Å². The Morgan fingerprint density at radius 3 is 2.36 bits per heavy atom. The van der Waals surface area contributed by atoms with Gasteiger partial charge in [-0.1, -0.05) is 6.07 Å². The molecule has 1 aromatic carbocycles. The van der Waals surface area contributed by atoms with Crippen LogP contribution in [0.25, 0.3) is 0 Å². The van der Waals surface area contributed by atoms with E-state index in [1.165, 1.54) is 31.4 Å². The molecule has 4 aliphatic carbocycles. The molecule has 4 aliphatic rings. The zero-order valence-electron chi connectivity index (χ0n) is 16.8. The van der Waals surface area contributed by atoms with Crippen molar-refractivity contribution < 1.29 is 18.9 Å². The first-order chi connectivity index (χ1) is 13.3. The fourth-order valence-corrected chi connectivity index (χ4v) is 6.03. The molecule has 5 nitrogen and oxygen atoms in total. The van der Waals surface area contributed by atoms with Crippen LogP contribution in [0, 0.1) is 23.6 Å². The summed E-state index contributed by atoms with van der Waals surface area (Å²) < 4.78 is 13.3. The Morgan fingerprint density at radius 2 is 1.79 bits per heavy atom. The van der Waals surface area contributed by atoms with Crippen molar-refractivity contribution in [2.75, 3.05) is 18.9 Å². The predicted octanol–water partition coefficient (Wildman–Crippen LogP) is 1.75. The third-order valence-corrected chi connectivity index (χ3v) is 7.11. The van der Waals surface area contributed by atoms with Crippen LogP contribution in [-0.2, 0) is 9.59 Å². The molecule has 6 heteroatoms. The van der Waals surface area contributed by atoms with Gasteiger partial charge in [0, 0.05) is 11.2 Å². The van der Waals surface area contributed by atoms with Crippen LogP contribution in [-0.4, -0.2) is 37.0 Å². The van der Waals surface area contributed by atoms with Gasteiger partial charge in [-0.3, -0.25) is 9.59 Å². The molecule has 2 amide bonds. The fourth-order valence-electron chi connectivity index (χ4n) is 6.03. The van der Waals surface area contributed by atoms with Gasteiger partial charge in [0.05, 0.1) is 7.05 Å². The summed E-state index contributed by atoms with van der Waals surface area (Å²) in [6, 6.07) is 5.52. The molecular formula is C22H31FN3O2+. The van der Waals surface area contributed by atoms with Gasteiger partial charge in [0.15, 0.2) is 12.6 Å². The number of carbonyl (C=O) groups excluding carboxylic acids is 2. The van der Waals surface area contributed by atoms with Gasteiger partial charge >= 0.3 is 0 Å². The maximum Gasteiger partial charge on any atom is 0.279 e. The molecule has 0 heterocycles. The lowest BCUT2D eigenvalue weighted by Crippen LogP contribution is -3.15. The molecule has 0 aromatic heterocycles. The average molecular weight is 389 g/mol. The normalized spacial score (nSPS) is 32.6. The number of hydrogen-bond acceptors (Lipinski definition) is 2. The molecule has 0 saturated heterocycles. The van der Waals surface area contributed by atoms with Gasteiger partial charge in [0.1, 0.15) is 5.82 Å². The Bertz CT molecular complexity index is 731. The smallest absolute Gasteiger partial charge is 0.279 e. The second-order valence-corrected chi connectivity index (χ2v) is 9.49. The first-order valence-corrected chi connectivity index (χ1v) is 10.5. The molecule has 4 fully saturated rings. The molecule has 2 atom stereocenters. The number of carbonyl (C=O) groups is 2. The lowest BCUT2D eigenvalue weighted by molar-refractivity contribution is -0.885. The number of anilines is 1. The van der Waals surface area contributed by atoms with E-state index in [1.54, 1.807) is 12.1 Å². The van der Waals surface area contributed by atoms with Crippen molar-refractivity contribution in [3.63, 3.8) is 0 Å². The molecule has 0 radical (unpaired) electrons. The zero-order chi connectivity index (χ0) is 19.9. The molecular weight excluding hydrogens is 357 g/mol. The summed E-state index contributed by atoms with van der Waals surface area (Å²) in [5.74, 6) is 1.77. The molecule has 4 saturated carbocycles. The molecule has 0 aliphatic heterocycles. The minimum atomic E-state index is -0.387. The van der Waals surface area contributed by atoms with Crippen LogP contribution in [0.2, 0.25) is 0 Å². The molecule has 0 spiro atoms. The number of amides is 2. The highest BCUT2D eigenvalue weighted by Crippen LogP contribution is 2.55. The van der Waals surface area contributed by atoms with E-state index in [0.717, 1.165) is 41.9 Å². The third kappa shape index (κ3) is 4.07. The monoisotopic (exact) mass is 388 g/mol. The second kappa shape index (κ2) is 7.47. The summed E-state index contributed by atoms with van der Waals surface area (Å²) in [6.07, 6.45) is 7.39. The minimum Gasteiger partial charge on any atom is -0.345 e. The maximum atomic E-state index is 13.3. The number of quaternary nitrogens is 1. The van der Waals surface area contributed by atoms with Gasteiger partial charge in [-0.2, -0.15) is 0 Å². The Morgan fingerprint density at radius 1 is 1.18 bits per heavy atom. The third-order valence-electron chi connectivity index (χ3n) is 7.11. The Labute approximate surface area is 166 Å². The van der Waals surface area contributed by atoms with Crippen LogP contribution in [0.15, 0.2) is 24.3 Å². The quantitative estimate of drug-likeness (QED) is 0.695. The van der Waals surface area contributed by atoms with Crippen molar-refractivity contribution in [2.45, 2.75) is 57.0 Å². The summed E-state index contributed by atoms with van der Waals surface area (Å²) in [5, 5.41) is 6.10. The number of nitrogens with one attached hydrogen (secondary N) is 3. The van der Waals surface area contributed by atoms with E-state index in [9.17, 15) is 14.0 Å². The van der Waals surface area contributed by atoms with Crippen molar-refractivity contribution >= 4 is 17.5 Å². The Hall–Kier alpha value is -1.95. The molecule has 152 valence electrons. The van der Waals surface area contributed by atoms with Crippen molar-refractivity contribution in [1.82, 2.24) is 5.32 Å². The largest absolute Gasteiger partial charge is 0.345 e. The molecule has 1 aromatic rings. The van der Waals surface area contributed by atoms with Crippen LogP contribution in [0.3, 0.4) is 0 Å². The van der Waals surface area contributed by atoms with Crippen molar-refractivity contribution in [2.24, 2.45) is 17.8 Å². The van der Waals surface area contributed by atoms with Gasteiger partial charge in [-0.05, 0) is 81.4 Å². The predicted molar refractivity (Wildman–Crippen MR) is 105 cm³/mol. The van der Waals surface area contributed by atoms with E-state index in [2.05, 4.69) is 10.6 Å². The number of rotatable bonds is 6. The van der Waals surface area contributed by atoms with E-state index in [-0.39, 0.29) is 35.8 Å². The summed E-state index contributed by atoms with van der Waals surface area (Å²) in [6.45, 7) is 2.03. The zero-order valence-corrected chi connectivity index (χ0v) is 16.8. The molecule has 4 bridgehead atoms. The van der Waals surface area contributed by atoms with Crippen LogP contribution < -0.4 is 15.5 Å². The van der Waals surface area contributed by atoms with Crippen LogP contribution in [0.1, 0.15) is 45.4 Å². The number of hydrogen-bond donors (Lipinski definition) is 3. The number of halogens is 1. The van der Waals surface area contributed by atoms with E-state index in [1.807, 2.05) is 14.0 Å². The van der Waals surface area contributed by atoms with Crippen LogP contribution >= 0.6 is 0 Å². The van der Waals surface area contributed by atoms with Gasteiger partial charge < -0.3 is 15.5 Å². The molecule has 28 heavy (non-hydrogen) atoms. The van der Waals surface area contributed by atoms with Gasteiger partial charge in [-0.25, -0.2) is 4.39 Å². The van der Waals surface area contributed by atoms with E-state index in [4.69, 9.17) is 0 Å². The highest BCUT2D eigenvalue weighted by Gasteiger charge is 2.52. The van der Waals surface area contributed by atoms with Crippen LogP contribution in [0.4, 0.5) is 10.1 Å². The first-order valence-electron chi connectivity index (χ1n) is 10.5. The molecule has 5 rings (SSSR count). The lowest BCUT2D eigenvalue weighted by Gasteiger charge is -2.57. The molecule has 1 unspecified atom stereocenters. The minimum absolute atomic E-state index is 0.00972. The standard InChI is InChI=1S/C22H30FN3O2/c1-14(26(2)13-20(27)24-19-5-3-4-18(23)9-19)21(28)25-22-10-15-6-16(11-22)8-17(7-15)12-22/h3-5,9,14-17H,6-8,10-13H2,1-2H3,(H,24,27)(H,25,28)/p+1/t14-,15?,16?,17?,22?/m1/s1. The van der Waals surface area contributed by atoms with E-state index in [0.29, 0.717) is 5.69 Å². The summed E-state index contributed by atoms with van der Waals surface area (Å²) in [4.78, 5) is 26.1. The van der Waals surface area contributed by atoms with Gasteiger partial charge in [0.25, 0.3) is 11.8 Å². The Balaban J connectivity index is 1.31. The average Bonchev–Trinajstić information content (AvgIpc) is 2.59. The highest BCUT2D eigenvalue weighted by atomic mass is 19.1. The van der Waals surface area contributed by atoms with Crippen molar-refractivity contribution in [3.8, 4) is 0 Å². The number of benzene rings is 1. The fraction of sp³-hybridized carbons (Fsp3) is 0.636. The van der Waals surface area contributed by atoms with E-state index >= 15 is 0 Å². The summed E-state index contributed by atoms with van der Waals surface area (Å²) >= 11 is 0. The van der Waals surface area contributed by atoms with Gasteiger partial charge in [-0.15, -0.1) is 0 Å². The topological polar surface area (TPSA) is 62.6 Å². The second-order valence-electron chi connectivity index (χ2n) is 9.49. The number of likely N-dealkylation sites (N-methyl/N-ethyl adjacent to an activating group) is 1. The highest BCUT2D eigenvalue weighted by molar-refractivity contribution is 5.91. The molecule has 3 N–H and O–H groups in total. The maximum absolute atomic E-state index is 13.3. The lowest BCUT2D eigenvalue weighted by atomic mass is 9.53. The van der Waals surface area contributed by atoms with E-state index < -0.39 is 0 Å². The summed E-state index contributed by atoms with van der Waals surface area (Å²) in [7, 11) is 1.86. The van der Waals surface area contributed by atoms with Crippen molar-refractivity contribution in [3.05, 3.63) is 30.1 Å².